The topological polar surface area (TPSA) is 49.9 Å². The van der Waals surface area contributed by atoms with Gasteiger partial charge in [-0.05, 0) is 46.3 Å². The van der Waals surface area contributed by atoms with Crippen molar-refractivity contribution in [1.82, 2.24) is 10.2 Å². The van der Waals surface area contributed by atoms with E-state index in [4.69, 9.17) is 12.2 Å². The largest absolute Gasteiger partial charge is 0.573 e. The van der Waals surface area contributed by atoms with Crippen LogP contribution in [0.15, 0.2) is 22.7 Å². The fraction of sp³-hybridized carbons (Fsp3) is 0.111. The van der Waals surface area contributed by atoms with Gasteiger partial charge in [0.1, 0.15) is 5.75 Å². The van der Waals surface area contributed by atoms with Crippen LogP contribution in [0, 0.1) is 3.95 Å². The number of halogens is 4. The normalized spacial score (nSPS) is 11.4. The molecule has 0 saturated carbocycles. The van der Waals surface area contributed by atoms with Crippen LogP contribution in [0.25, 0.3) is 0 Å². The van der Waals surface area contributed by atoms with Gasteiger partial charge in [-0.3, -0.25) is 5.10 Å². The molecule has 102 valence electrons. The molecule has 0 aliphatic carbocycles. The van der Waals surface area contributed by atoms with Gasteiger partial charge in [0.25, 0.3) is 0 Å². The van der Waals surface area contributed by atoms with Crippen molar-refractivity contribution in [2.24, 2.45) is 0 Å². The molecule has 0 bridgehead atoms. The van der Waals surface area contributed by atoms with Gasteiger partial charge in [0.05, 0.1) is 4.47 Å². The van der Waals surface area contributed by atoms with Gasteiger partial charge in [0.2, 0.25) is 5.13 Å². The van der Waals surface area contributed by atoms with Crippen molar-refractivity contribution in [2.45, 2.75) is 6.36 Å². The van der Waals surface area contributed by atoms with Crippen LogP contribution in [0.3, 0.4) is 0 Å². The maximum Gasteiger partial charge on any atom is 0.573 e. The molecule has 2 N–H and O–H groups in total. The first-order valence-electron chi connectivity index (χ1n) is 4.71. The average molecular weight is 372 g/mol. The van der Waals surface area contributed by atoms with Crippen molar-refractivity contribution in [3.05, 3.63) is 26.6 Å². The summed E-state index contributed by atoms with van der Waals surface area (Å²) in [5, 5.41) is 9.87. The first-order valence-corrected chi connectivity index (χ1v) is 6.73. The number of hydrogen-bond donors (Lipinski definition) is 2. The zero-order valence-corrected chi connectivity index (χ0v) is 12.1. The zero-order chi connectivity index (χ0) is 14.0. The van der Waals surface area contributed by atoms with Crippen LogP contribution < -0.4 is 10.1 Å². The van der Waals surface area contributed by atoms with Crippen molar-refractivity contribution >= 4 is 50.3 Å². The molecule has 1 aromatic carbocycles. The van der Waals surface area contributed by atoms with Gasteiger partial charge >= 0.3 is 6.36 Å². The summed E-state index contributed by atoms with van der Waals surface area (Å²) < 4.78 is 40.8. The first kappa shape index (κ1) is 14.3. The number of ether oxygens (including phenoxy) is 1. The molecule has 19 heavy (non-hydrogen) atoms. The molecule has 0 saturated heterocycles. The number of nitrogens with one attached hydrogen (secondary N) is 2. The Morgan fingerprint density at radius 1 is 1.42 bits per heavy atom. The molecule has 4 nitrogen and oxygen atoms in total. The predicted molar refractivity (Wildman–Crippen MR) is 71.4 cm³/mol. The number of alkyl halides is 3. The van der Waals surface area contributed by atoms with Gasteiger partial charge in [0, 0.05) is 5.69 Å². The summed E-state index contributed by atoms with van der Waals surface area (Å²) in [6, 6.07) is 4.09. The molecule has 2 rings (SSSR count). The number of H-pyrrole nitrogens is 1. The lowest BCUT2D eigenvalue weighted by Crippen LogP contribution is -2.17. The molecule has 0 spiro atoms. The van der Waals surface area contributed by atoms with Crippen molar-refractivity contribution in [2.75, 3.05) is 5.32 Å². The van der Waals surface area contributed by atoms with Gasteiger partial charge in [-0.25, -0.2) is 0 Å². The number of benzene rings is 1. The van der Waals surface area contributed by atoms with Gasteiger partial charge in [-0.1, -0.05) is 11.3 Å². The zero-order valence-electron chi connectivity index (χ0n) is 8.92. The predicted octanol–water partition coefficient (Wildman–Crippen LogP) is 4.61. The highest BCUT2D eigenvalue weighted by Crippen LogP contribution is 2.33. The molecule has 0 fully saturated rings. The summed E-state index contributed by atoms with van der Waals surface area (Å²) in [6.07, 6.45) is -4.72. The van der Waals surface area contributed by atoms with E-state index in [1.807, 2.05) is 0 Å². The second-order valence-electron chi connectivity index (χ2n) is 3.24. The number of aromatic nitrogens is 2. The minimum atomic E-state index is -4.72. The van der Waals surface area contributed by atoms with Crippen LogP contribution >= 0.6 is 39.5 Å². The Balaban J connectivity index is 2.17. The smallest absolute Gasteiger partial charge is 0.405 e. The second-order valence-corrected chi connectivity index (χ2v) is 5.76. The highest BCUT2D eigenvalue weighted by molar-refractivity contribution is 9.10. The van der Waals surface area contributed by atoms with E-state index >= 15 is 0 Å². The highest BCUT2D eigenvalue weighted by Gasteiger charge is 2.31. The summed E-state index contributed by atoms with van der Waals surface area (Å²) in [6.45, 7) is 0. The second kappa shape index (κ2) is 5.47. The van der Waals surface area contributed by atoms with Crippen LogP contribution in [0.1, 0.15) is 0 Å². The van der Waals surface area contributed by atoms with Crippen LogP contribution in [-0.4, -0.2) is 16.6 Å². The maximum absolute atomic E-state index is 12.1. The van der Waals surface area contributed by atoms with Crippen LogP contribution in [0.5, 0.6) is 5.75 Å². The molecular weight excluding hydrogens is 367 g/mol. The molecule has 1 aromatic heterocycles. The Labute approximate surface area is 122 Å². The van der Waals surface area contributed by atoms with E-state index in [-0.39, 0.29) is 10.2 Å². The Bertz CT molecular complexity index is 640. The minimum absolute atomic E-state index is 0.175. The Morgan fingerprint density at radius 2 is 2.16 bits per heavy atom. The molecular formula is C9H5BrF3N3OS2. The average Bonchev–Trinajstić information content (AvgIpc) is 2.66. The van der Waals surface area contributed by atoms with Crippen molar-refractivity contribution < 1.29 is 17.9 Å². The summed E-state index contributed by atoms with van der Waals surface area (Å²) in [5.74, 6) is -0.312. The lowest BCUT2D eigenvalue weighted by atomic mass is 10.3. The monoisotopic (exact) mass is 371 g/mol. The molecule has 0 atom stereocenters. The Morgan fingerprint density at radius 3 is 2.68 bits per heavy atom. The van der Waals surface area contributed by atoms with E-state index in [1.165, 1.54) is 29.5 Å². The van der Waals surface area contributed by atoms with E-state index in [2.05, 4.69) is 36.2 Å². The minimum Gasteiger partial charge on any atom is -0.405 e. The van der Waals surface area contributed by atoms with Crippen molar-refractivity contribution in [3.63, 3.8) is 0 Å². The molecule has 0 amide bonds. The lowest BCUT2D eigenvalue weighted by Gasteiger charge is -2.11. The fourth-order valence-corrected chi connectivity index (χ4v) is 2.46. The molecule has 10 heteroatoms. The SMILES string of the molecule is FC(F)(F)Oc1ccc(Nc2n[nH]c(=S)s2)cc1Br. The molecule has 2 aromatic rings. The maximum atomic E-state index is 12.1. The molecule has 0 unspecified atom stereocenters. The quantitative estimate of drug-likeness (QED) is 0.773. The van der Waals surface area contributed by atoms with Crippen molar-refractivity contribution in [3.8, 4) is 5.75 Å². The Kier molecular flexibility index (Phi) is 4.11. The van der Waals surface area contributed by atoms with E-state index in [0.29, 0.717) is 14.8 Å². The highest BCUT2D eigenvalue weighted by atomic mass is 79.9. The van der Waals surface area contributed by atoms with Crippen molar-refractivity contribution in [1.29, 1.82) is 0 Å². The third-order valence-corrected chi connectivity index (χ3v) is 3.47. The number of hydrogen-bond acceptors (Lipinski definition) is 5. The number of anilines is 2. The molecule has 1 heterocycles. The first-order chi connectivity index (χ1) is 8.83. The molecule has 0 aliphatic heterocycles. The fourth-order valence-electron chi connectivity index (χ4n) is 1.19. The van der Waals surface area contributed by atoms with Crippen LogP contribution in [-0.2, 0) is 0 Å². The van der Waals surface area contributed by atoms with E-state index < -0.39 is 6.36 Å². The Hall–Kier alpha value is -1.13. The van der Waals surface area contributed by atoms with Gasteiger partial charge < -0.3 is 10.1 Å². The standard InChI is InChI=1S/C9H5BrF3N3OS2/c10-5-3-4(14-7-15-16-8(18)19-7)1-2-6(5)17-9(11,12)13/h1-3H,(H,14,15)(H,16,18). The van der Waals surface area contributed by atoms with E-state index in [9.17, 15) is 13.2 Å². The molecule has 0 aliphatic rings. The van der Waals surface area contributed by atoms with Gasteiger partial charge in [0.15, 0.2) is 3.95 Å². The van der Waals surface area contributed by atoms with E-state index in [0.717, 1.165) is 0 Å². The number of aromatic amines is 1. The van der Waals surface area contributed by atoms with Gasteiger partial charge in [-0.2, -0.15) is 0 Å². The summed E-state index contributed by atoms with van der Waals surface area (Å²) in [7, 11) is 0. The van der Waals surface area contributed by atoms with Gasteiger partial charge in [-0.15, -0.1) is 18.3 Å². The number of nitrogens with zero attached hydrogens (tertiary/aromatic N) is 1. The van der Waals surface area contributed by atoms with Crippen LogP contribution in [0.2, 0.25) is 0 Å². The molecule has 0 radical (unpaired) electrons. The number of rotatable bonds is 3. The third-order valence-electron chi connectivity index (χ3n) is 1.85. The van der Waals surface area contributed by atoms with E-state index in [1.54, 1.807) is 0 Å². The summed E-state index contributed by atoms with van der Waals surface area (Å²) in [5.41, 5.74) is 0.555. The summed E-state index contributed by atoms with van der Waals surface area (Å²) >= 11 is 9.08. The third kappa shape index (κ3) is 4.18. The summed E-state index contributed by atoms with van der Waals surface area (Å²) in [4.78, 5) is 0. The van der Waals surface area contributed by atoms with Crippen LogP contribution in [0.4, 0.5) is 24.0 Å². The lowest BCUT2D eigenvalue weighted by molar-refractivity contribution is -0.274.